The Labute approximate surface area is 91.2 Å². The average Bonchev–Trinajstić information content (AvgIpc) is 2.25. The van der Waals surface area contributed by atoms with Gasteiger partial charge in [0.2, 0.25) is 5.88 Å². The molecule has 0 spiro atoms. The van der Waals surface area contributed by atoms with Crippen LogP contribution in [-0.4, -0.2) is 24.7 Å². The van der Waals surface area contributed by atoms with Crippen LogP contribution >= 0.6 is 0 Å². The molecule has 0 fully saturated rings. The van der Waals surface area contributed by atoms with Crippen LogP contribution in [0.1, 0.15) is 19.4 Å². The van der Waals surface area contributed by atoms with E-state index < -0.39 is 0 Å². The van der Waals surface area contributed by atoms with E-state index in [1.807, 2.05) is 18.2 Å². The van der Waals surface area contributed by atoms with Crippen molar-refractivity contribution in [2.75, 3.05) is 13.7 Å². The third-order valence-corrected chi connectivity index (χ3v) is 1.92. The van der Waals surface area contributed by atoms with Crippen LogP contribution in [0.15, 0.2) is 24.4 Å². The number of pyridine rings is 1. The third-order valence-electron chi connectivity index (χ3n) is 1.92. The highest BCUT2D eigenvalue weighted by molar-refractivity contribution is 5.48. The van der Waals surface area contributed by atoms with Crippen molar-refractivity contribution in [3.63, 3.8) is 0 Å². The first-order valence-electron chi connectivity index (χ1n) is 5.12. The maximum absolute atomic E-state index is 4.98. The van der Waals surface area contributed by atoms with E-state index >= 15 is 0 Å². The summed E-state index contributed by atoms with van der Waals surface area (Å²) < 4.78 is 4.98. The normalized spacial score (nSPS) is 11.2. The summed E-state index contributed by atoms with van der Waals surface area (Å²) in [6.07, 6.45) is 5.93. The summed E-state index contributed by atoms with van der Waals surface area (Å²) in [5.41, 5.74) is 1.08. The van der Waals surface area contributed by atoms with Crippen LogP contribution in [0, 0.1) is 0 Å². The van der Waals surface area contributed by atoms with Crippen LogP contribution in [0.5, 0.6) is 5.88 Å². The van der Waals surface area contributed by atoms with Gasteiger partial charge in [0.15, 0.2) is 0 Å². The molecule has 1 N–H and O–H groups in total. The van der Waals surface area contributed by atoms with Crippen LogP contribution < -0.4 is 10.1 Å². The average molecular weight is 206 g/mol. The fourth-order valence-corrected chi connectivity index (χ4v) is 1.11. The van der Waals surface area contributed by atoms with Crippen molar-refractivity contribution in [2.24, 2.45) is 0 Å². The zero-order valence-electron chi connectivity index (χ0n) is 9.53. The summed E-state index contributed by atoms with van der Waals surface area (Å²) in [6, 6.07) is 4.36. The molecule has 3 nitrogen and oxygen atoms in total. The predicted octanol–water partition coefficient (Wildman–Crippen LogP) is 2.10. The number of hydrogen-bond acceptors (Lipinski definition) is 3. The van der Waals surface area contributed by atoms with Crippen LogP contribution in [-0.2, 0) is 0 Å². The van der Waals surface area contributed by atoms with Gasteiger partial charge in [0.05, 0.1) is 7.11 Å². The quantitative estimate of drug-likeness (QED) is 0.801. The molecule has 0 amide bonds. The highest BCUT2D eigenvalue weighted by atomic mass is 16.5. The molecular weight excluding hydrogens is 188 g/mol. The van der Waals surface area contributed by atoms with Crippen molar-refractivity contribution >= 4 is 6.08 Å². The summed E-state index contributed by atoms with van der Waals surface area (Å²) in [5.74, 6) is 0.646. The molecule has 1 rings (SSSR count). The molecule has 3 heteroatoms. The fourth-order valence-electron chi connectivity index (χ4n) is 1.11. The van der Waals surface area contributed by atoms with Crippen molar-refractivity contribution in [2.45, 2.75) is 19.9 Å². The molecule has 1 aromatic rings. The van der Waals surface area contributed by atoms with Crippen LogP contribution in [0.3, 0.4) is 0 Å². The molecule has 15 heavy (non-hydrogen) atoms. The molecule has 0 aliphatic rings. The summed E-state index contributed by atoms with van der Waals surface area (Å²) in [7, 11) is 1.62. The first-order valence-corrected chi connectivity index (χ1v) is 5.12. The van der Waals surface area contributed by atoms with Gasteiger partial charge in [-0.25, -0.2) is 4.98 Å². The number of methoxy groups -OCH3 is 1. The number of nitrogens with zero attached hydrogens (tertiary/aromatic N) is 1. The smallest absolute Gasteiger partial charge is 0.212 e. The van der Waals surface area contributed by atoms with Crippen molar-refractivity contribution in [3.8, 4) is 5.88 Å². The second-order valence-corrected chi connectivity index (χ2v) is 3.60. The second-order valence-electron chi connectivity index (χ2n) is 3.60. The minimum atomic E-state index is 0.517. The maximum Gasteiger partial charge on any atom is 0.212 e. The summed E-state index contributed by atoms with van der Waals surface area (Å²) in [4.78, 5) is 4.12. The Kier molecular flexibility index (Phi) is 4.84. The first kappa shape index (κ1) is 11.7. The molecule has 0 radical (unpaired) electrons. The van der Waals surface area contributed by atoms with E-state index in [0.29, 0.717) is 11.9 Å². The van der Waals surface area contributed by atoms with Gasteiger partial charge < -0.3 is 10.1 Å². The molecule has 0 bridgehead atoms. The van der Waals surface area contributed by atoms with Crippen molar-refractivity contribution in [1.29, 1.82) is 0 Å². The Hall–Kier alpha value is -1.35. The van der Waals surface area contributed by atoms with Crippen LogP contribution in [0.2, 0.25) is 0 Å². The molecule has 0 aliphatic carbocycles. The summed E-state index contributed by atoms with van der Waals surface area (Å²) in [6.45, 7) is 5.13. The van der Waals surface area contributed by atoms with Crippen molar-refractivity contribution in [1.82, 2.24) is 10.3 Å². The van der Waals surface area contributed by atoms with Crippen molar-refractivity contribution in [3.05, 3.63) is 30.0 Å². The lowest BCUT2D eigenvalue weighted by atomic mass is 10.2. The number of ether oxygens (including phenoxy) is 1. The van der Waals surface area contributed by atoms with E-state index in [1.165, 1.54) is 0 Å². The Bertz CT molecular complexity index is 304. The molecule has 0 unspecified atom stereocenters. The molecule has 0 aliphatic heterocycles. The van der Waals surface area contributed by atoms with E-state index in [1.54, 1.807) is 13.3 Å². The molecular formula is C12H18N2O. The number of hydrogen-bond donors (Lipinski definition) is 1. The maximum atomic E-state index is 4.98. The predicted molar refractivity (Wildman–Crippen MR) is 63.0 cm³/mol. The molecule has 1 heterocycles. The first-order chi connectivity index (χ1) is 7.22. The molecule has 1 aromatic heterocycles. The van der Waals surface area contributed by atoms with E-state index in [9.17, 15) is 0 Å². The summed E-state index contributed by atoms with van der Waals surface area (Å²) in [5, 5.41) is 3.31. The molecule has 82 valence electrons. The van der Waals surface area contributed by atoms with Crippen LogP contribution in [0.25, 0.3) is 6.08 Å². The van der Waals surface area contributed by atoms with Gasteiger partial charge in [-0.15, -0.1) is 0 Å². The van der Waals surface area contributed by atoms with Gasteiger partial charge in [-0.2, -0.15) is 0 Å². The lowest BCUT2D eigenvalue weighted by Gasteiger charge is -2.03. The van der Waals surface area contributed by atoms with E-state index in [-0.39, 0.29) is 0 Å². The van der Waals surface area contributed by atoms with Gasteiger partial charge in [-0.05, 0) is 11.6 Å². The van der Waals surface area contributed by atoms with Crippen molar-refractivity contribution < 1.29 is 4.74 Å². The van der Waals surface area contributed by atoms with E-state index in [4.69, 9.17) is 4.74 Å². The lowest BCUT2D eigenvalue weighted by Crippen LogP contribution is -2.22. The highest BCUT2D eigenvalue weighted by Gasteiger charge is 1.91. The topological polar surface area (TPSA) is 34.1 Å². The Morgan fingerprint density at radius 1 is 1.47 bits per heavy atom. The monoisotopic (exact) mass is 206 g/mol. The minimum absolute atomic E-state index is 0.517. The van der Waals surface area contributed by atoms with E-state index in [0.717, 1.165) is 12.1 Å². The van der Waals surface area contributed by atoms with Gasteiger partial charge in [0.25, 0.3) is 0 Å². The fraction of sp³-hybridized carbons (Fsp3) is 0.417. The number of nitrogens with one attached hydrogen (secondary N) is 1. The molecule has 0 atom stereocenters. The number of aromatic nitrogens is 1. The van der Waals surface area contributed by atoms with E-state index in [2.05, 4.69) is 30.2 Å². The van der Waals surface area contributed by atoms with Gasteiger partial charge in [0.1, 0.15) is 0 Å². The molecule has 0 aromatic carbocycles. The lowest BCUT2D eigenvalue weighted by molar-refractivity contribution is 0.398. The zero-order chi connectivity index (χ0) is 11.1. The minimum Gasteiger partial charge on any atom is -0.481 e. The molecule has 0 saturated carbocycles. The third kappa shape index (κ3) is 4.61. The van der Waals surface area contributed by atoms with Gasteiger partial charge >= 0.3 is 0 Å². The second kappa shape index (κ2) is 6.19. The zero-order valence-corrected chi connectivity index (χ0v) is 9.53. The summed E-state index contributed by atoms with van der Waals surface area (Å²) >= 11 is 0. The largest absolute Gasteiger partial charge is 0.481 e. The number of rotatable bonds is 5. The highest BCUT2D eigenvalue weighted by Crippen LogP contribution is 2.07. The Morgan fingerprint density at radius 3 is 2.80 bits per heavy atom. The van der Waals surface area contributed by atoms with Crippen LogP contribution in [0.4, 0.5) is 0 Å². The Morgan fingerprint density at radius 2 is 2.27 bits per heavy atom. The van der Waals surface area contributed by atoms with Gasteiger partial charge in [-0.3, -0.25) is 0 Å². The van der Waals surface area contributed by atoms with Gasteiger partial charge in [0, 0.05) is 24.8 Å². The SMILES string of the molecule is COc1ccc(/C=C/CNC(C)C)cn1. The van der Waals surface area contributed by atoms with Gasteiger partial charge in [-0.1, -0.05) is 26.0 Å². The standard InChI is InChI=1S/C12H18N2O/c1-10(2)13-8-4-5-11-6-7-12(15-3)14-9-11/h4-7,9-10,13H,8H2,1-3H3/b5-4+. The molecule has 0 saturated heterocycles. The Balaban J connectivity index is 2.43.